The summed E-state index contributed by atoms with van der Waals surface area (Å²) >= 11 is 0. The number of carbonyl (C=O) groups excluding carboxylic acids is 1. The molecule has 0 unspecified atom stereocenters. The molecule has 0 aliphatic heterocycles. The zero-order chi connectivity index (χ0) is 16.4. The zero-order valence-electron chi connectivity index (χ0n) is 13.5. The molecular weight excluding hydrogens is 290 g/mol. The summed E-state index contributed by atoms with van der Waals surface area (Å²) in [6.45, 7) is 4.39. The molecule has 1 amide bonds. The van der Waals surface area contributed by atoms with Crippen molar-refractivity contribution in [1.29, 1.82) is 0 Å². The molecule has 0 fully saturated rings. The number of imidazole rings is 1. The Morgan fingerprint density at radius 2 is 1.96 bits per heavy atom. The molecule has 1 aromatic carbocycles. The number of rotatable bonds is 4. The monoisotopic (exact) mass is 309 g/mol. The average molecular weight is 309 g/mol. The minimum Gasteiger partial charge on any atom is -0.493 e. The molecule has 0 bridgehead atoms. The number of ether oxygens (including phenoxy) is 1. The Morgan fingerprint density at radius 3 is 2.61 bits per heavy atom. The van der Waals surface area contributed by atoms with Crippen LogP contribution in [0.15, 0.2) is 48.7 Å². The van der Waals surface area contributed by atoms with Crippen LogP contribution in [-0.2, 0) is 0 Å². The first-order valence-corrected chi connectivity index (χ1v) is 7.56. The van der Waals surface area contributed by atoms with Crippen LogP contribution in [-0.4, -0.2) is 28.9 Å². The fraction of sp³-hybridized carbons (Fsp3) is 0.222. The minimum absolute atomic E-state index is 0.0723. The highest BCUT2D eigenvalue weighted by Gasteiger charge is 2.23. The van der Waals surface area contributed by atoms with E-state index in [9.17, 15) is 4.79 Å². The summed E-state index contributed by atoms with van der Waals surface area (Å²) in [5, 5.41) is 0. The first kappa shape index (κ1) is 15.1. The summed E-state index contributed by atoms with van der Waals surface area (Å²) in [5.41, 5.74) is 2.77. The van der Waals surface area contributed by atoms with Gasteiger partial charge in [-0.25, -0.2) is 4.98 Å². The molecule has 0 radical (unpaired) electrons. The molecule has 0 saturated carbocycles. The van der Waals surface area contributed by atoms with E-state index in [0.29, 0.717) is 29.3 Å². The van der Waals surface area contributed by atoms with Crippen molar-refractivity contribution in [2.75, 3.05) is 18.6 Å². The maximum Gasteiger partial charge on any atom is 0.277 e. The van der Waals surface area contributed by atoms with E-state index in [-0.39, 0.29) is 5.91 Å². The van der Waals surface area contributed by atoms with Gasteiger partial charge in [0.25, 0.3) is 5.91 Å². The van der Waals surface area contributed by atoms with Crippen molar-refractivity contribution in [3.05, 3.63) is 60.0 Å². The third kappa shape index (κ3) is 2.54. The van der Waals surface area contributed by atoms with E-state index in [2.05, 4.69) is 4.98 Å². The Kier molecular flexibility index (Phi) is 4.02. The second kappa shape index (κ2) is 6.12. The van der Waals surface area contributed by atoms with E-state index < -0.39 is 0 Å². The quantitative estimate of drug-likeness (QED) is 0.743. The van der Waals surface area contributed by atoms with E-state index in [4.69, 9.17) is 4.74 Å². The number of amides is 1. The van der Waals surface area contributed by atoms with Crippen LogP contribution in [0.25, 0.3) is 5.65 Å². The van der Waals surface area contributed by atoms with Crippen molar-refractivity contribution in [2.45, 2.75) is 13.8 Å². The van der Waals surface area contributed by atoms with Gasteiger partial charge in [0.05, 0.1) is 12.8 Å². The standard InChI is InChI=1S/C18H19N3O2/c1-4-20(14-9-6-5-7-10-14)18(22)16-13(2)19-17-15(23-3)11-8-12-21(16)17/h5-12H,4H2,1-3H3. The predicted molar refractivity (Wildman–Crippen MR) is 90.3 cm³/mol. The normalized spacial score (nSPS) is 10.7. The number of fused-ring (bicyclic) bond motifs is 1. The number of aryl methyl sites for hydroxylation is 1. The van der Waals surface area contributed by atoms with E-state index in [1.54, 1.807) is 16.4 Å². The molecule has 0 saturated heterocycles. The Morgan fingerprint density at radius 1 is 1.22 bits per heavy atom. The van der Waals surface area contributed by atoms with E-state index in [1.165, 1.54) is 0 Å². The largest absolute Gasteiger partial charge is 0.493 e. The lowest BCUT2D eigenvalue weighted by Crippen LogP contribution is -2.32. The Labute approximate surface area is 135 Å². The number of para-hydroxylation sites is 1. The summed E-state index contributed by atoms with van der Waals surface area (Å²) in [6.07, 6.45) is 1.84. The van der Waals surface area contributed by atoms with E-state index in [1.807, 2.05) is 62.5 Å². The second-order valence-corrected chi connectivity index (χ2v) is 5.20. The molecule has 2 heterocycles. The van der Waals surface area contributed by atoms with Crippen molar-refractivity contribution >= 4 is 17.2 Å². The molecule has 118 valence electrons. The highest BCUT2D eigenvalue weighted by molar-refractivity contribution is 6.06. The van der Waals surface area contributed by atoms with Crippen molar-refractivity contribution in [1.82, 2.24) is 9.38 Å². The number of carbonyl (C=O) groups is 1. The lowest BCUT2D eigenvalue weighted by molar-refractivity contribution is 0.0982. The second-order valence-electron chi connectivity index (χ2n) is 5.20. The number of pyridine rings is 1. The number of hydrogen-bond acceptors (Lipinski definition) is 3. The molecule has 23 heavy (non-hydrogen) atoms. The molecule has 0 aliphatic rings. The van der Waals surface area contributed by atoms with Crippen LogP contribution in [0, 0.1) is 6.92 Å². The van der Waals surface area contributed by atoms with Crippen LogP contribution < -0.4 is 9.64 Å². The molecule has 2 aromatic heterocycles. The first-order valence-electron chi connectivity index (χ1n) is 7.56. The lowest BCUT2D eigenvalue weighted by atomic mass is 10.2. The number of nitrogens with zero attached hydrogens (tertiary/aromatic N) is 3. The number of benzene rings is 1. The zero-order valence-corrected chi connectivity index (χ0v) is 13.5. The maximum atomic E-state index is 13.1. The Hall–Kier alpha value is -2.82. The van der Waals surface area contributed by atoms with Gasteiger partial charge in [-0.2, -0.15) is 0 Å². The predicted octanol–water partition coefficient (Wildman–Crippen LogP) is 3.32. The third-order valence-electron chi connectivity index (χ3n) is 3.84. The SMILES string of the molecule is CCN(C(=O)c1c(C)nc2c(OC)cccn12)c1ccccc1. The summed E-state index contributed by atoms with van der Waals surface area (Å²) in [7, 11) is 1.60. The summed E-state index contributed by atoms with van der Waals surface area (Å²) in [6, 6.07) is 13.3. The molecular formula is C18H19N3O2. The van der Waals surface area contributed by atoms with Gasteiger partial charge in [0.1, 0.15) is 5.69 Å². The highest BCUT2D eigenvalue weighted by Crippen LogP contribution is 2.24. The topological polar surface area (TPSA) is 46.8 Å². The fourth-order valence-electron chi connectivity index (χ4n) is 2.75. The minimum atomic E-state index is -0.0723. The summed E-state index contributed by atoms with van der Waals surface area (Å²) in [5.74, 6) is 0.578. The molecule has 3 aromatic rings. The third-order valence-corrected chi connectivity index (χ3v) is 3.84. The highest BCUT2D eigenvalue weighted by atomic mass is 16.5. The molecule has 0 atom stereocenters. The summed E-state index contributed by atoms with van der Waals surface area (Å²) in [4.78, 5) is 19.3. The van der Waals surface area contributed by atoms with Crippen LogP contribution in [0.3, 0.4) is 0 Å². The van der Waals surface area contributed by atoms with Crippen LogP contribution in [0.2, 0.25) is 0 Å². The fourth-order valence-corrected chi connectivity index (χ4v) is 2.75. The molecule has 0 N–H and O–H groups in total. The molecule has 0 aliphatic carbocycles. The van der Waals surface area contributed by atoms with Crippen LogP contribution in [0.4, 0.5) is 5.69 Å². The van der Waals surface area contributed by atoms with Crippen LogP contribution in [0.5, 0.6) is 5.75 Å². The van der Waals surface area contributed by atoms with Crippen LogP contribution in [0.1, 0.15) is 23.1 Å². The van der Waals surface area contributed by atoms with E-state index in [0.717, 1.165) is 5.69 Å². The lowest BCUT2D eigenvalue weighted by Gasteiger charge is -2.21. The van der Waals surface area contributed by atoms with Crippen molar-refractivity contribution in [3.63, 3.8) is 0 Å². The summed E-state index contributed by atoms with van der Waals surface area (Å²) < 4.78 is 7.13. The number of aromatic nitrogens is 2. The smallest absolute Gasteiger partial charge is 0.277 e. The van der Waals surface area contributed by atoms with Gasteiger partial charge in [-0.15, -0.1) is 0 Å². The number of methoxy groups -OCH3 is 1. The Bertz CT molecular complexity index is 840. The number of anilines is 1. The number of hydrogen-bond donors (Lipinski definition) is 0. The van der Waals surface area contributed by atoms with Gasteiger partial charge in [0.15, 0.2) is 11.4 Å². The van der Waals surface area contributed by atoms with Crippen LogP contribution >= 0.6 is 0 Å². The van der Waals surface area contributed by atoms with E-state index >= 15 is 0 Å². The van der Waals surface area contributed by atoms with Gasteiger partial charge in [0.2, 0.25) is 0 Å². The van der Waals surface area contributed by atoms with Gasteiger partial charge >= 0.3 is 0 Å². The van der Waals surface area contributed by atoms with Crippen molar-refractivity contribution in [3.8, 4) is 5.75 Å². The molecule has 5 heteroatoms. The van der Waals surface area contributed by atoms with Gasteiger partial charge in [-0.3, -0.25) is 9.20 Å². The molecule has 3 rings (SSSR count). The first-order chi connectivity index (χ1) is 11.2. The molecule has 0 spiro atoms. The average Bonchev–Trinajstić information content (AvgIpc) is 2.92. The Balaban J connectivity index is 2.12. The maximum absolute atomic E-state index is 13.1. The van der Waals surface area contributed by atoms with Crippen molar-refractivity contribution < 1.29 is 9.53 Å². The van der Waals surface area contributed by atoms with Gasteiger partial charge in [0, 0.05) is 18.4 Å². The molecule has 5 nitrogen and oxygen atoms in total. The van der Waals surface area contributed by atoms with Crippen molar-refractivity contribution in [2.24, 2.45) is 0 Å². The van der Waals surface area contributed by atoms with Gasteiger partial charge in [-0.1, -0.05) is 18.2 Å². The van der Waals surface area contributed by atoms with Gasteiger partial charge < -0.3 is 9.64 Å². The van der Waals surface area contributed by atoms with Gasteiger partial charge in [-0.05, 0) is 38.1 Å².